The molecule has 2 unspecified atom stereocenters. The molecule has 112 valence electrons. The number of benzene rings is 2. The van der Waals surface area contributed by atoms with Gasteiger partial charge in [0.25, 0.3) is 0 Å². The summed E-state index contributed by atoms with van der Waals surface area (Å²) in [5.74, 6) is 0.424. The molecule has 0 saturated carbocycles. The maximum atomic E-state index is 10.8. The standard InChI is InChI=1S/C17H20ClNO2/c1-11-6-7-16(21-2)14(8-11)17(20)15(10-19)12-4-3-5-13(18)9-12/h3-9,15,17,20H,10,19H2,1-2H3. The minimum Gasteiger partial charge on any atom is -0.496 e. The minimum absolute atomic E-state index is 0.237. The Labute approximate surface area is 130 Å². The summed E-state index contributed by atoms with van der Waals surface area (Å²) in [7, 11) is 1.59. The Morgan fingerprint density at radius 1 is 1.24 bits per heavy atom. The number of methoxy groups -OCH3 is 1. The molecule has 2 aromatic carbocycles. The van der Waals surface area contributed by atoms with Gasteiger partial charge in [-0.1, -0.05) is 35.4 Å². The molecule has 4 heteroatoms. The summed E-state index contributed by atoms with van der Waals surface area (Å²) in [6.07, 6.45) is -0.747. The summed E-state index contributed by atoms with van der Waals surface area (Å²) in [6.45, 7) is 2.30. The highest BCUT2D eigenvalue weighted by molar-refractivity contribution is 6.30. The van der Waals surface area contributed by atoms with Gasteiger partial charge >= 0.3 is 0 Å². The molecule has 0 bridgehead atoms. The molecule has 0 aliphatic heterocycles. The largest absolute Gasteiger partial charge is 0.496 e. The Hall–Kier alpha value is -1.55. The summed E-state index contributed by atoms with van der Waals surface area (Å²) in [5.41, 5.74) is 8.60. The van der Waals surface area contributed by atoms with Crippen LogP contribution in [0.15, 0.2) is 42.5 Å². The molecule has 0 fully saturated rings. The second kappa shape index (κ2) is 6.94. The van der Waals surface area contributed by atoms with Crippen molar-refractivity contribution < 1.29 is 9.84 Å². The summed E-state index contributed by atoms with van der Waals surface area (Å²) < 4.78 is 5.35. The summed E-state index contributed by atoms with van der Waals surface area (Å²) in [5, 5.41) is 11.4. The zero-order valence-corrected chi connectivity index (χ0v) is 13.0. The lowest BCUT2D eigenvalue weighted by Crippen LogP contribution is -2.20. The third kappa shape index (κ3) is 3.56. The van der Waals surface area contributed by atoms with Gasteiger partial charge < -0.3 is 15.6 Å². The van der Waals surface area contributed by atoms with Crippen molar-refractivity contribution in [1.82, 2.24) is 0 Å². The second-order valence-electron chi connectivity index (χ2n) is 5.09. The summed E-state index contributed by atoms with van der Waals surface area (Å²) in [4.78, 5) is 0. The number of hydrogen-bond donors (Lipinski definition) is 2. The number of aryl methyl sites for hydroxylation is 1. The Morgan fingerprint density at radius 3 is 2.62 bits per heavy atom. The molecule has 0 spiro atoms. The molecule has 0 amide bonds. The zero-order chi connectivity index (χ0) is 15.4. The SMILES string of the molecule is COc1ccc(C)cc1C(O)C(CN)c1cccc(Cl)c1. The molecule has 0 aliphatic rings. The minimum atomic E-state index is -0.747. The molecule has 2 rings (SSSR count). The first-order valence-electron chi connectivity index (χ1n) is 6.85. The average molecular weight is 306 g/mol. The van der Waals surface area contributed by atoms with Crippen LogP contribution in [0.5, 0.6) is 5.75 Å². The molecular weight excluding hydrogens is 286 g/mol. The number of aliphatic hydroxyl groups is 1. The number of ether oxygens (including phenoxy) is 1. The van der Waals surface area contributed by atoms with Crippen LogP contribution < -0.4 is 10.5 Å². The van der Waals surface area contributed by atoms with E-state index in [-0.39, 0.29) is 5.92 Å². The van der Waals surface area contributed by atoms with Crippen LogP contribution in [0.4, 0.5) is 0 Å². The number of hydrogen-bond acceptors (Lipinski definition) is 3. The van der Waals surface area contributed by atoms with Gasteiger partial charge in [-0.3, -0.25) is 0 Å². The van der Waals surface area contributed by atoms with Crippen LogP contribution in [-0.2, 0) is 0 Å². The summed E-state index contributed by atoms with van der Waals surface area (Å²) in [6, 6.07) is 13.2. The van der Waals surface area contributed by atoms with E-state index in [1.165, 1.54) is 0 Å². The normalized spacial score (nSPS) is 13.8. The third-order valence-electron chi connectivity index (χ3n) is 3.62. The number of nitrogens with two attached hydrogens (primary N) is 1. The first-order chi connectivity index (χ1) is 10.1. The lowest BCUT2D eigenvalue weighted by Gasteiger charge is -2.24. The third-order valence-corrected chi connectivity index (χ3v) is 3.85. The van der Waals surface area contributed by atoms with Crippen LogP contribution >= 0.6 is 11.6 Å². The van der Waals surface area contributed by atoms with E-state index in [0.717, 1.165) is 16.7 Å². The van der Waals surface area contributed by atoms with E-state index >= 15 is 0 Å². The van der Waals surface area contributed by atoms with Gasteiger partial charge in [-0.15, -0.1) is 0 Å². The van der Waals surface area contributed by atoms with Gasteiger partial charge in [0.05, 0.1) is 13.2 Å². The van der Waals surface area contributed by atoms with E-state index in [1.54, 1.807) is 13.2 Å². The maximum Gasteiger partial charge on any atom is 0.124 e. The Balaban J connectivity index is 2.41. The number of halogens is 1. The molecule has 21 heavy (non-hydrogen) atoms. The monoisotopic (exact) mass is 305 g/mol. The van der Waals surface area contributed by atoms with Crippen molar-refractivity contribution in [2.45, 2.75) is 18.9 Å². The van der Waals surface area contributed by atoms with Crippen molar-refractivity contribution in [3.8, 4) is 5.75 Å². The van der Waals surface area contributed by atoms with Crippen LogP contribution in [0.25, 0.3) is 0 Å². The highest BCUT2D eigenvalue weighted by Crippen LogP contribution is 2.36. The van der Waals surface area contributed by atoms with Crippen LogP contribution in [0.2, 0.25) is 5.02 Å². The van der Waals surface area contributed by atoms with Crippen LogP contribution in [0.1, 0.15) is 28.7 Å². The fraction of sp³-hybridized carbons (Fsp3) is 0.294. The molecule has 3 nitrogen and oxygen atoms in total. The quantitative estimate of drug-likeness (QED) is 0.890. The van der Waals surface area contributed by atoms with Crippen molar-refractivity contribution in [2.24, 2.45) is 5.73 Å². The van der Waals surface area contributed by atoms with E-state index in [1.807, 2.05) is 43.3 Å². The number of aliphatic hydroxyl groups excluding tert-OH is 1. The molecule has 0 aliphatic carbocycles. The predicted octanol–water partition coefficient (Wildman–Crippen LogP) is 3.43. The van der Waals surface area contributed by atoms with Crippen LogP contribution in [-0.4, -0.2) is 18.8 Å². The topological polar surface area (TPSA) is 55.5 Å². The van der Waals surface area contributed by atoms with Crippen LogP contribution in [0.3, 0.4) is 0 Å². The molecule has 3 N–H and O–H groups in total. The summed E-state index contributed by atoms with van der Waals surface area (Å²) >= 11 is 6.03. The predicted molar refractivity (Wildman–Crippen MR) is 85.9 cm³/mol. The molecule has 0 radical (unpaired) electrons. The fourth-order valence-electron chi connectivity index (χ4n) is 2.49. The van der Waals surface area contributed by atoms with E-state index in [4.69, 9.17) is 22.1 Å². The van der Waals surface area contributed by atoms with Crippen molar-refractivity contribution in [2.75, 3.05) is 13.7 Å². The highest BCUT2D eigenvalue weighted by Gasteiger charge is 2.24. The molecular formula is C17H20ClNO2. The zero-order valence-electron chi connectivity index (χ0n) is 12.2. The first kappa shape index (κ1) is 15.8. The average Bonchev–Trinajstić information content (AvgIpc) is 2.48. The van der Waals surface area contributed by atoms with Crippen molar-refractivity contribution >= 4 is 11.6 Å². The Morgan fingerprint density at radius 2 is 2.00 bits per heavy atom. The highest BCUT2D eigenvalue weighted by atomic mass is 35.5. The smallest absolute Gasteiger partial charge is 0.124 e. The van der Waals surface area contributed by atoms with Gasteiger partial charge in [0.2, 0.25) is 0 Å². The Bertz CT molecular complexity index is 615. The Kier molecular flexibility index (Phi) is 5.23. The van der Waals surface area contributed by atoms with E-state index in [0.29, 0.717) is 17.3 Å². The fourth-order valence-corrected chi connectivity index (χ4v) is 2.68. The molecule has 2 aromatic rings. The van der Waals surface area contributed by atoms with Gasteiger partial charge in [0.15, 0.2) is 0 Å². The van der Waals surface area contributed by atoms with E-state index in [2.05, 4.69) is 0 Å². The number of rotatable bonds is 5. The molecule has 2 atom stereocenters. The van der Waals surface area contributed by atoms with Crippen LogP contribution in [0, 0.1) is 6.92 Å². The van der Waals surface area contributed by atoms with Gasteiger partial charge in [-0.2, -0.15) is 0 Å². The molecule has 0 aromatic heterocycles. The lowest BCUT2D eigenvalue weighted by molar-refractivity contribution is 0.143. The lowest BCUT2D eigenvalue weighted by atomic mass is 9.88. The van der Waals surface area contributed by atoms with E-state index < -0.39 is 6.10 Å². The maximum absolute atomic E-state index is 10.8. The van der Waals surface area contributed by atoms with Gasteiger partial charge in [-0.05, 0) is 36.8 Å². The molecule has 0 saturated heterocycles. The van der Waals surface area contributed by atoms with E-state index in [9.17, 15) is 5.11 Å². The van der Waals surface area contributed by atoms with Crippen molar-refractivity contribution in [1.29, 1.82) is 0 Å². The van der Waals surface area contributed by atoms with Gasteiger partial charge in [-0.25, -0.2) is 0 Å². The van der Waals surface area contributed by atoms with Crippen molar-refractivity contribution in [3.63, 3.8) is 0 Å². The van der Waals surface area contributed by atoms with Gasteiger partial charge in [0.1, 0.15) is 5.75 Å². The molecule has 0 heterocycles. The van der Waals surface area contributed by atoms with Crippen molar-refractivity contribution in [3.05, 3.63) is 64.2 Å². The first-order valence-corrected chi connectivity index (χ1v) is 7.22. The van der Waals surface area contributed by atoms with Gasteiger partial charge in [0, 0.05) is 23.0 Å². The second-order valence-corrected chi connectivity index (χ2v) is 5.52.